The van der Waals surface area contributed by atoms with E-state index in [1.807, 2.05) is 63.2 Å². The molecule has 0 bridgehead atoms. The van der Waals surface area contributed by atoms with Gasteiger partial charge >= 0.3 is 6.09 Å². The third kappa shape index (κ3) is 5.47. The van der Waals surface area contributed by atoms with Crippen molar-refractivity contribution in [2.45, 2.75) is 32.9 Å². The van der Waals surface area contributed by atoms with Gasteiger partial charge in [-0.25, -0.2) is 9.48 Å². The average molecular weight is 406 g/mol. The van der Waals surface area contributed by atoms with Crippen LogP contribution in [-0.2, 0) is 11.3 Å². The molecule has 2 amide bonds. The summed E-state index contributed by atoms with van der Waals surface area (Å²) in [6.45, 7) is 5.85. The number of aromatic nitrogens is 2. The van der Waals surface area contributed by atoms with E-state index < -0.39 is 11.7 Å². The third-order valence-corrected chi connectivity index (χ3v) is 4.21. The fourth-order valence-corrected chi connectivity index (χ4v) is 2.90. The quantitative estimate of drug-likeness (QED) is 0.677. The summed E-state index contributed by atoms with van der Waals surface area (Å²) < 4.78 is 7.04. The van der Waals surface area contributed by atoms with E-state index >= 15 is 0 Å². The predicted octanol–water partition coefficient (Wildman–Crippen LogP) is 4.49. The first-order valence-corrected chi connectivity index (χ1v) is 9.66. The lowest BCUT2D eigenvalue weighted by Crippen LogP contribution is -2.33. The molecule has 3 rings (SSSR count). The highest BCUT2D eigenvalue weighted by Crippen LogP contribution is 2.18. The molecule has 7 heteroatoms. The highest BCUT2D eigenvalue weighted by Gasteiger charge is 2.20. The first kappa shape index (κ1) is 21.1. The average Bonchev–Trinajstić information content (AvgIpc) is 3.21. The number of hydrogen-bond donors (Lipinski definition) is 1. The number of rotatable bonds is 5. The zero-order chi connectivity index (χ0) is 21.7. The number of anilines is 1. The van der Waals surface area contributed by atoms with Crippen molar-refractivity contribution in [1.29, 1.82) is 0 Å². The fraction of sp³-hybridized carbons (Fsp3) is 0.261. The number of ether oxygens (including phenoxy) is 1. The number of para-hydroxylation sites is 1. The molecular formula is C23H26N4O3. The van der Waals surface area contributed by atoms with Crippen molar-refractivity contribution < 1.29 is 14.3 Å². The summed E-state index contributed by atoms with van der Waals surface area (Å²) in [5.41, 5.74) is 2.17. The molecule has 7 nitrogen and oxygen atoms in total. The van der Waals surface area contributed by atoms with Crippen molar-refractivity contribution in [1.82, 2.24) is 14.7 Å². The lowest BCUT2D eigenvalue weighted by Gasteiger charge is -2.24. The number of carbonyl (C=O) groups excluding carboxylic acids is 2. The number of benzene rings is 2. The number of nitrogens with one attached hydrogen (secondary N) is 1. The van der Waals surface area contributed by atoms with Crippen molar-refractivity contribution in [3.05, 3.63) is 78.1 Å². The van der Waals surface area contributed by atoms with E-state index in [0.29, 0.717) is 23.5 Å². The summed E-state index contributed by atoms with van der Waals surface area (Å²) in [5, 5.41) is 7.14. The SMILES string of the molecule is CN(Cc1cccc(NC(=O)c2ccccc2-n2cccn2)c1)C(=O)OC(C)(C)C. The van der Waals surface area contributed by atoms with Gasteiger partial charge in [-0.1, -0.05) is 24.3 Å². The number of amides is 2. The van der Waals surface area contributed by atoms with Crippen LogP contribution in [0.15, 0.2) is 67.0 Å². The molecule has 0 saturated heterocycles. The number of hydrogen-bond acceptors (Lipinski definition) is 4. The zero-order valence-electron chi connectivity index (χ0n) is 17.6. The standard InChI is InChI=1S/C23H26N4O3/c1-23(2,3)30-22(29)26(4)16-17-9-7-10-18(15-17)25-21(28)19-11-5-6-12-20(19)27-14-8-13-24-27/h5-15H,16H2,1-4H3,(H,25,28). The van der Waals surface area contributed by atoms with Crippen LogP contribution in [0.25, 0.3) is 5.69 Å². The topological polar surface area (TPSA) is 76.5 Å². The molecule has 0 fully saturated rings. The van der Waals surface area contributed by atoms with Crippen LogP contribution >= 0.6 is 0 Å². The second-order valence-electron chi connectivity index (χ2n) is 7.96. The summed E-state index contributed by atoms with van der Waals surface area (Å²) in [6.07, 6.45) is 3.06. The summed E-state index contributed by atoms with van der Waals surface area (Å²) in [7, 11) is 1.68. The molecule has 3 aromatic rings. The van der Waals surface area contributed by atoms with Crippen LogP contribution in [0.1, 0.15) is 36.7 Å². The Morgan fingerprint density at radius 2 is 1.87 bits per heavy atom. The number of carbonyl (C=O) groups is 2. The Balaban J connectivity index is 1.72. The first-order valence-electron chi connectivity index (χ1n) is 9.66. The highest BCUT2D eigenvalue weighted by molar-refractivity contribution is 6.06. The monoisotopic (exact) mass is 406 g/mol. The van der Waals surface area contributed by atoms with Crippen LogP contribution in [0.2, 0.25) is 0 Å². The highest BCUT2D eigenvalue weighted by atomic mass is 16.6. The minimum Gasteiger partial charge on any atom is -0.444 e. The van der Waals surface area contributed by atoms with Gasteiger partial charge in [0.2, 0.25) is 0 Å². The molecule has 0 atom stereocenters. The van der Waals surface area contributed by atoms with Gasteiger partial charge in [-0.15, -0.1) is 0 Å². The van der Waals surface area contributed by atoms with E-state index in [9.17, 15) is 9.59 Å². The Morgan fingerprint density at radius 1 is 1.10 bits per heavy atom. The fourth-order valence-electron chi connectivity index (χ4n) is 2.90. The first-order chi connectivity index (χ1) is 14.2. The Morgan fingerprint density at radius 3 is 2.57 bits per heavy atom. The van der Waals surface area contributed by atoms with E-state index in [0.717, 1.165) is 5.56 Å². The van der Waals surface area contributed by atoms with Crippen LogP contribution in [0.4, 0.5) is 10.5 Å². The predicted molar refractivity (Wildman–Crippen MR) is 116 cm³/mol. The minimum atomic E-state index is -0.552. The molecule has 0 aliphatic heterocycles. The maximum absolute atomic E-state index is 12.9. The molecular weight excluding hydrogens is 380 g/mol. The van der Waals surface area contributed by atoms with Crippen LogP contribution in [-0.4, -0.2) is 39.3 Å². The molecule has 156 valence electrons. The van der Waals surface area contributed by atoms with E-state index in [1.165, 1.54) is 4.90 Å². The van der Waals surface area contributed by atoms with Gasteiger partial charge in [0.1, 0.15) is 5.60 Å². The second kappa shape index (κ2) is 8.82. The summed E-state index contributed by atoms with van der Waals surface area (Å²) in [5.74, 6) is -0.237. The number of nitrogens with zero attached hydrogens (tertiary/aromatic N) is 3. The van der Waals surface area contributed by atoms with E-state index in [4.69, 9.17) is 4.74 Å². The molecule has 1 N–H and O–H groups in total. The Hall–Kier alpha value is -3.61. The molecule has 0 unspecified atom stereocenters. The van der Waals surface area contributed by atoms with Gasteiger partial charge in [0.05, 0.1) is 11.3 Å². The van der Waals surface area contributed by atoms with E-state index in [2.05, 4.69) is 10.4 Å². The molecule has 1 aromatic heterocycles. The van der Waals surface area contributed by atoms with Gasteiger partial charge < -0.3 is 15.0 Å². The van der Waals surface area contributed by atoms with Crippen molar-refractivity contribution in [2.75, 3.05) is 12.4 Å². The Bertz CT molecular complexity index is 1020. The summed E-state index contributed by atoms with van der Waals surface area (Å²) >= 11 is 0. The van der Waals surface area contributed by atoms with Gasteiger partial charge in [-0.05, 0) is 56.7 Å². The van der Waals surface area contributed by atoms with Crippen LogP contribution < -0.4 is 5.32 Å². The molecule has 0 aliphatic carbocycles. The zero-order valence-corrected chi connectivity index (χ0v) is 17.6. The van der Waals surface area contributed by atoms with Gasteiger partial charge in [-0.2, -0.15) is 5.10 Å². The largest absolute Gasteiger partial charge is 0.444 e. The lowest BCUT2D eigenvalue weighted by atomic mass is 10.1. The lowest BCUT2D eigenvalue weighted by molar-refractivity contribution is 0.0285. The van der Waals surface area contributed by atoms with Crippen LogP contribution in [0, 0.1) is 0 Å². The molecule has 0 aliphatic rings. The second-order valence-corrected chi connectivity index (χ2v) is 7.96. The van der Waals surface area contributed by atoms with Crippen molar-refractivity contribution in [2.24, 2.45) is 0 Å². The van der Waals surface area contributed by atoms with Gasteiger partial charge in [0, 0.05) is 31.7 Å². The van der Waals surface area contributed by atoms with Crippen molar-refractivity contribution in [3.63, 3.8) is 0 Å². The van der Waals surface area contributed by atoms with E-state index in [-0.39, 0.29) is 5.91 Å². The van der Waals surface area contributed by atoms with Gasteiger partial charge in [0.15, 0.2) is 0 Å². The summed E-state index contributed by atoms with van der Waals surface area (Å²) in [6, 6.07) is 16.5. The maximum Gasteiger partial charge on any atom is 0.410 e. The maximum atomic E-state index is 12.9. The van der Waals surface area contributed by atoms with Crippen molar-refractivity contribution in [3.8, 4) is 5.69 Å². The summed E-state index contributed by atoms with van der Waals surface area (Å²) in [4.78, 5) is 26.6. The molecule has 30 heavy (non-hydrogen) atoms. The van der Waals surface area contributed by atoms with Crippen LogP contribution in [0.3, 0.4) is 0 Å². The van der Waals surface area contributed by atoms with Crippen molar-refractivity contribution >= 4 is 17.7 Å². The Labute approximate surface area is 176 Å². The molecule has 0 saturated carbocycles. The minimum absolute atomic E-state index is 0.237. The third-order valence-electron chi connectivity index (χ3n) is 4.21. The Kier molecular flexibility index (Phi) is 6.20. The molecule has 1 heterocycles. The molecule has 2 aromatic carbocycles. The van der Waals surface area contributed by atoms with Gasteiger partial charge in [-0.3, -0.25) is 4.79 Å². The smallest absolute Gasteiger partial charge is 0.410 e. The molecule has 0 spiro atoms. The normalized spacial score (nSPS) is 11.1. The van der Waals surface area contributed by atoms with E-state index in [1.54, 1.807) is 36.3 Å². The van der Waals surface area contributed by atoms with Crippen LogP contribution in [0.5, 0.6) is 0 Å². The molecule has 0 radical (unpaired) electrons. The van der Waals surface area contributed by atoms with Gasteiger partial charge in [0.25, 0.3) is 5.91 Å².